The van der Waals surface area contributed by atoms with E-state index in [9.17, 15) is 4.79 Å². The summed E-state index contributed by atoms with van der Waals surface area (Å²) in [5.41, 5.74) is 10.7. The van der Waals surface area contributed by atoms with Gasteiger partial charge in [0.2, 0.25) is 0 Å². The quantitative estimate of drug-likeness (QED) is 0.444. The highest BCUT2D eigenvalue weighted by Gasteiger charge is 2.20. The van der Waals surface area contributed by atoms with Crippen molar-refractivity contribution in [2.45, 2.75) is 53.0 Å². The summed E-state index contributed by atoms with van der Waals surface area (Å²) >= 11 is 0. The Morgan fingerprint density at radius 3 is 2.50 bits per heavy atom. The topological polar surface area (TPSA) is 86.3 Å². The predicted molar refractivity (Wildman–Crippen MR) is 119 cm³/mol. The van der Waals surface area contributed by atoms with Crippen molar-refractivity contribution in [1.29, 1.82) is 0 Å². The minimum absolute atomic E-state index is 0.126. The van der Waals surface area contributed by atoms with Gasteiger partial charge >= 0.3 is 0 Å². The summed E-state index contributed by atoms with van der Waals surface area (Å²) in [6.45, 7) is 9.63. The highest BCUT2D eigenvalue weighted by Crippen LogP contribution is 2.29. The largest absolute Gasteiger partial charge is 0.382 e. The Morgan fingerprint density at radius 1 is 1.17 bits per heavy atom. The molecule has 0 spiro atoms. The van der Waals surface area contributed by atoms with Crippen LogP contribution in [0.1, 0.15) is 60.0 Å². The van der Waals surface area contributed by atoms with E-state index < -0.39 is 0 Å². The molecular weight excluding hydrogens is 378 g/mol. The molecule has 0 atom stereocenters. The number of hydroxylamine groups is 2. The van der Waals surface area contributed by atoms with Gasteiger partial charge in [-0.15, -0.1) is 0 Å². The third kappa shape index (κ3) is 4.31. The van der Waals surface area contributed by atoms with Crippen molar-refractivity contribution < 1.29 is 9.63 Å². The molecule has 1 amide bonds. The van der Waals surface area contributed by atoms with Crippen LogP contribution in [0.25, 0.3) is 11.0 Å². The Morgan fingerprint density at radius 2 is 1.87 bits per heavy atom. The third-order valence-electron chi connectivity index (χ3n) is 5.40. The Kier molecular flexibility index (Phi) is 6.72. The maximum Gasteiger partial charge on any atom is 0.277 e. The Labute approximate surface area is 177 Å². The molecule has 0 unspecified atom stereocenters. The molecule has 0 radical (unpaired) electrons. The van der Waals surface area contributed by atoms with Gasteiger partial charge in [-0.1, -0.05) is 32.0 Å². The normalized spacial score (nSPS) is 11.4. The minimum atomic E-state index is -0.126. The third-order valence-corrected chi connectivity index (χ3v) is 5.40. The fourth-order valence-electron chi connectivity index (χ4n) is 3.71. The lowest BCUT2D eigenvalue weighted by Crippen LogP contribution is -2.31. The number of carbonyl (C=O) groups excluding carboxylic acids is 1. The number of amides is 1. The number of hydrogen-bond donors (Lipinski definition) is 1. The number of benzene rings is 1. The van der Waals surface area contributed by atoms with Crippen LogP contribution in [0, 0.1) is 13.8 Å². The van der Waals surface area contributed by atoms with Crippen LogP contribution in [0.4, 0.5) is 5.82 Å². The summed E-state index contributed by atoms with van der Waals surface area (Å²) in [5.74, 6) is 1.63. The van der Waals surface area contributed by atoms with Gasteiger partial charge in [0.1, 0.15) is 11.3 Å². The van der Waals surface area contributed by atoms with E-state index in [1.54, 1.807) is 12.1 Å². The van der Waals surface area contributed by atoms with Crippen molar-refractivity contribution in [3.8, 4) is 0 Å². The van der Waals surface area contributed by atoms with Crippen LogP contribution in [0.5, 0.6) is 0 Å². The van der Waals surface area contributed by atoms with Crippen LogP contribution in [0.2, 0.25) is 0 Å². The molecule has 0 bridgehead atoms. The van der Waals surface area contributed by atoms with Crippen molar-refractivity contribution in [3.05, 3.63) is 53.0 Å². The molecule has 0 fully saturated rings. The lowest BCUT2D eigenvalue weighted by Gasteiger charge is -2.20. The van der Waals surface area contributed by atoms with Gasteiger partial charge in [0.25, 0.3) is 5.91 Å². The number of nitrogens with two attached hydrogens (primary N) is 1. The first-order chi connectivity index (χ1) is 14.3. The maximum atomic E-state index is 12.6. The number of aromatic nitrogens is 3. The number of anilines is 1. The number of hydrogen-bond acceptors (Lipinski definition) is 5. The summed E-state index contributed by atoms with van der Waals surface area (Å²) in [6, 6.07) is 9.18. The van der Waals surface area contributed by atoms with Crippen LogP contribution < -0.4 is 5.73 Å². The molecule has 0 saturated carbocycles. The zero-order valence-electron chi connectivity index (χ0n) is 18.5. The average Bonchev–Trinajstić information content (AvgIpc) is 3.13. The highest BCUT2D eigenvalue weighted by molar-refractivity contribution is 5.93. The number of unbranched alkanes of at least 4 members (excludes halogenated alkanes) is 1. The number of nitrogens with zero attached hydrogens (tertiary/aromatic N) is 4. The molecule has 0 aliphatic rings. The van der Waals surface area contributed by atoms with Gasteiger partial charge in [-0.2, -0.15) is 0 Å². The molecule has 7 nitrogen and oxygen atoms in total. The number of rotatable bonds is 8. The fraction of sp³-hybridized carbons (Fsp3) is 0.435. The SMILES string of the molecule is CON(CCCCn1c(C(C)C)nc2c(N)nc(C)c(C)c21)C(=O)c1ccccc1. The van der Waals surface area contributed by atoms with Gasteiger partial charge in [-0.25, -0.2) is 15.0 Å². The average molecular weight is 410 g/mol. The molecule has 3 rings (SSSR count). The van der Waals surface area contributed by atoms with Crippen molar-refractivity contribution in [1.82, 2.24) is 19.6 Å². The van der Waals surface area contributed by atoms with E-state index in [1.165, 1.54) is 12.2 Å². The second-order valence-electron chi connectivity index (χ2n) is 7.84. The molecule has 2 aromatic heterocycles. The van der Waals surface area contributed by atoms with Crippen molar-refractivity contribution >= 4 is 22.8 Å². The van der Waals surface area contributed by atoms with Gasteiger partial charge in [-0.05, 0) is 44.4 Å². The molecule has 0 aliphatic heterocycles. The highest BCUT2D eigenvalue weighted by atomic mass is 16.7. The van der Waals surface area contributed by atoms with Crippen LogP contribution in [0.3, 0.4) is 0 Å². The molecule has 3 aromatic rings. The van der Waals surface area contributed by atoms with Gasteiger partial charge in [0.05, 0.1) is 12.6 Å². The van der Waals surface area contributed by atoms with E-state index in [4.69, 9.17) is 15.6 Å². The molecule has 160 valence electrons. The second kappa shape index (κ2) is 9.26. The van der Waals surface area contributed by atoms with Crippen LogP contribution in [-0.2, 0) is 11.4 Å². The van der Waals surface area contributed by atoms with E-state index >= 15 is 0 Å². The molecule has 30 heavy (non-hydrogen) atoms. The lowest BCUT2D eigenvalue weighted by atomic mass is 10.1. The number of nitrogen functional groups attached to an aromatic ring is 1. The monoisotopic (exact) mass is 409 g/mol. The molecule has 1 aromatic carbocycles. The van der Waals surface area contributed by atoms with Gasteiger partial charge < -0.3 is 10.3 Å². The van der Waals surface area contributed by atoms with Crippen LogP contribution in [-0.4, -0.2) is 39.2 Å². The number of pyridine rings is 1. The Balaban J connectivity index is 1.74. The van der Waals surface area contributed by atoms with E-state index in [2.05, 4.69) is 30.3 Å². The first-order valence-corrected chi connectivity index (χ1v) is 10.4. The minimum Gasteiger partial charge on any atom is -0.382 e. The maximum absolute atomic E-state index is 12.6. The Hall–Kier alpha value is -2.93. The summed E-state index contributed by atoms with van der Waals surface area (Å²) in [7, 11) is 1.53. The Bertz CT molecular complexity index is 1030. The number of imidazole rings is 1. The standard InChI is InChI=1S/C23H31N5O2/c1-15(2)22-26-19-20(16(3)17(4)25-21(19)24)27(22)13-9-10-14-28(30-5)23(29)18-11-7-6-8-12-18/h6-8,11-12,15H,9-10,13-14H2,1-5H3,(H2,24,25). The molecule has 0 aliphatic carbocycles. The molecule has 2 heterocycles. The summed E-state index contributed by atoms with van der Waals surface area (Å²) < 4.78 is 2.26. The van der Waals surface area contributed by atoms with Gasteiger partial charge in [0.15, 0.2) is 5.82 Å². The summed E-state index contributed by atoms with van der Waals surface area (Å²) in [5, 5.41) is 1.42. The number of carbonyl (C=O) groups is 1. The van der Waals surface area contributed by atoms with E-state index in [1.807, 2.05) is 25.1 Å². The zero-order valence-corrected chi connectivity index (χ0v) is 18.5. The van der Waals surface area contributed by atoms with Gasteiger partial charge in [-0.3, -0.25) is 9.63 Å². The first kappa shape index (κ1) is 21.8. The summed E-state index contributed by atoms with van der Waals surface area (Å²) in [4.78, 5) is 27.2. The van der Waals surface area contributed by atoms with Crippen molar-refractivity contribution in [3.63, 3.8) is 0 Å². The van der Waals surface area contributed by atoms with E-state index in [0.717, 1.165) is 47.5 Å². The zero-order chi connectivity index (χ0) is 21.8. The number of aryl methyl sites for hydroxylation is 3. The van der Waals surface area contributed by atoms with Crippen LogP contribution in [0.15, 0.2) is 30.3 Å². The molecule has 7 heteroatoms. The molecule has 0 saturated heterocycles. The smallest absolute Gasteiger partial charge is 0.277 e. The van der Waals surface area contributed by atoms with Crippen molar-refractivity contribution in [2.24, 2.45) is 0 Å². The summed E-state index contributed by atoms with van der Waals surface area (Å²) in [6.07, 6.45) is 1.69. The fourth-order valence-corrected chi connectivity index (χ4v) is 3.71. The van der Waals surface area contributed by atoms with E-state index in [0.29, 0.717) is 17.9 Å². The first-order valence-electron chi connectivity index (χ1n) is 10.4. The second-order valence-corrected chi connectivity index (χ2v) is 7.84. The van der Waals surface area contributed by atoms with Crippen LogP contribution >= 0.6 is 0 Å². The van der Waals surface area contributed by atoms with Crippen molar-refractivity contribution in [2.75, 3.05) is 19.4 Å². The molecule has 2 N–H and O–H groups in total. The van der Waals surface area contributed by atoms with Gasteiger partial charge in [0, 0.05) is 30.3 Å². The van der Waals surface area contributed by atoms with E-state index in [-0.39, 0.29) is 11.8 Å². The molecular formula is C23H31N5O2. The predicted octanol–water partition coefficient (Wildman–Crippen LogP) is 4.24. The number of fused-ring (bicyclic) bond motifs is 1. The lowest BCUT2D eigenvalue weighted by molar-refractivity contribution is -0.0957.